The Labute approximate surface area is 129 Å². The van der Waals surface area contributed by atoms with Crippen molar-refractivity contribution < 1.29 is 9.53 Å². The van der Waals surface area contributed by atoms with Crippen molar-refractivity contribution in [3.63, 3.8) is 0 Å². The molecule has 1 aliphatic heterocycles. The van der Waals surface area contributed by atoms with Gasteiger partial charge in [0.05, 0.1) is 6.10 Å². The van der Waals surface area contributed by atoms with Crippen molar-refractivity contribution in [2.75, 3.05) is 13.1 Å². The van der Waals surface area contributed by atoms with Crippen LogP contribution in [0.1, 0.15) is 65.2 Å². The predicted molar refractivity (Wildman–Crippen MR) is 85.0 cm³/mol. The van der Waals surface area contributed by atoms with Gasteiger partial charge in [0.15, 0.2) is 0 Å². The first-order valence-corrected chi connectivity index (χ1v) is 8.79. The van der Waals surface area contributed by atoms with Gasteiger partial charge in [-0.05, 0) is 38.5 Å². The molecular weight excluding hydrogens is 264 g/mol. The van der Waals surface area contributed by atoms with Gasteiger partial charge in [-0.25, -0.2) is 0 Å². The molecule has 0 aromatic carbocycles. The Morgan fingerprint density at radius 1 is 1.19 bits per heavy atom. The van der Waals surface area contributed by atoms with Gasteiger partial charge in [0.1, 0.15) is 6.10 Å². The third kappa shape index (κ3) is 4.43. The Morgan fingerprint density at radius 3 is 2.48 bits per heavy atom. The lowest BCUT2D eigenvalue weighted by Crippen LogP contribution is -2.54. The van der Waals surface area contributed by atoms with Gasteiger partial charge in [-0.2, -0.15) is 0 Å². The zero-order valence-corrected chi connectivity index (χ0v) is 13.7. The van der Waals surface area contributed by atoms with E-state index in [0.717, 1.165) is 25.8 Å². The summed E-state index contributed by atoms with van der Waals surface area (Å²) in [6.07, 6.45) is 9.49. The summed E-state index contributed by atoms with van der Waals surface area (Å²) < 4.78 is 6.08. The van der Waals surface area contributed by atoms with Crippen molar-refractivity contribution >= 4 is 5.91 Å². The molecule has 1 amide bonds. The van der Waals surface area contributed by atoms with Gasteiger partial charge in [-0.3, -0.25) is 4.79 Å². The lowest BCUT2D eigenvalue weighted by Gasteiger charge is -2.40. The van der Waals surface area contributed by atoms with E-state index < -0.39 is 0 Å². The van der Waals surface area contributed by atoms with Crippen LogP contribution >= 0.6 is 0 Å². The molecule has 2 fully saturated rings. The van der Waals surface area contributed by atoms with Crippen molar-refractivity contribution in [1.29, 1.82) is 0 Å². The van der Waals surface area contributed by atoms with E-state index >= 15 is 0 Å². The number of carbonyl (C=O) groups is 1. The molecule has 4 nitrogen and oxygen atoms in total. The predicted octanol–water partition coefficient (Wildman–Crippen LogP) is 2.70. The number of rotatable bonds is 4. The van der Waals surface area contributed by atoms with Crippen LogP contribution in [0.25, 0.3) is 0 Å². The molecule has 0 unspecified atom stereocenters. The highest BCUT2D eigenvalue weighted by Gasteiger charge is 2.34. The zero-order valence-electron chi connectivity index (χ0n) is 13.7. The van der Waals surface area contributed by atoms with E-state index in [0.29, 0.717) is 12.5 Å². The molecule has 2 rings (SSSR count). The molecule has 0 aromatic rings. The smallest absolute Gasteiger partial charge is 0.251 e. The minimum Gasteiger partial charge on any atom is -0.365 e. The number of nitrogens with two attached hydrogens (primary N) is 1. The van der Waals surface area contributed by atoms with Crippen molar-refractivity contribution in [3.8, 4) is 0 Å². The monoisotopic (exact) mass is 296 g/mol. The topological polar surface area (TPSA) is 55.6 Å². The first kappa shape index (κ1) is 16.8. The minimum absolute atomic E-state index is 0.140. The highest BCUT2D eigenvalue weighted by Crippen LogP contribution is 2.25. The maximum absolute atomic E-state index is 12.7. The van der Waals surface area contributed by atoms with Gasteiger partial charge in [0.25, 0.3) is 5.91 Å². The van der Waals surface area contributed by atoms with E-state index in [2.05, 4.69) is 6.92 Å². The van der Waals surface area contributed by atoms with E-state index in [9.17, 15) is 4.79 Å². The zero-order chi connectivity index (χ0) is 15.2. The van der Waals surface area contributed by atoms with Crippen LogP contribution in [0.15, 0.2) is 0 Å². The molecule has 4 heteroatoms. The summed E-state index contributed by atoms with van der Waals surface area (Å²) in [6.45, 7) is 5.51. The maximum Gasteiger partial charge on any atom is 0.251 e. The summed E-state index contributed by atoms with van der Waals surface area (Å²) >= 11 is 0. The standard InChI is InChI=1S/C17H32N2O2/c1-13-8-7-11-19(16(13)12-18)17(20)14(2)21-15-9-5-3-4-6-10-15/h13-16H,3-12,18H2,1-2H3/t13-,14-,16+/m0/s1. The van der Waals surface area contributed by atoms with Crippen molar-refractivity contribution in [2.24, 2.45) is 11.7 Å². The van der Waals surface area contributed by atoms with E-state index in [-0.39, 0.29) is 24.2 Å². The molecule has 2 aliphatic rings. The number of carbonyl (C=O) groups excluding carboxylic acids is 1. The lowest BCUT2D eigenvalue weighted by molar-refractivity contribution is -0.151. The Hall–Kier alpha value is -0.610. The largest absolute Gasteiger partial charge is 0.365 e. The molecule has 21 heavy (non-hydrogen) atoms. The molecule has 1 aliphatic carbocycles. The molecular formula is C17H32N2O2. The van der Waals surface area contributed by atoms with Gasteiger partial charge in [-0.15, -0.1) is 0 Å². The first-order valence-electron chi connectivity index (χ1n) is 8.79. The highest BCUT2D eigenvalue weighted by atomic mass is 16.5. The fourth-order valence-electron chi connectivity index (χ4n) is 3.84. The van der Waals surface area contributed by atoms with Gasteiger partial charge >= 0.3 is 0 Å². The van der Waals surface area contributed by atoms with Crippen molar-refractivity contribution in [1.82, 2.24) is 4.90 Å². The molecule has 2 N–H and O–H groups in total. The van der Waals surface area contributed by atoms with Gasteiger partial charge in [-0.1, -0.05) is 32.6 Å². The normalized spacial score (nSPS) is 30.0. The number of ether oxygens (including phenoxy) is 1. The summed E-state index contributed by atoms with van der Waals surface area (Å²) in [4.78, 5) is 14.7. The molecule has 1 saturated heterocycles. The summed E-state index contributed by atoms with van der Waals surface area (Å²) in [5.41, 5.74) is 5.89. The third-order valence-electron chi connectivity index (χ3n) is 5.19. The summed E-state index contributed by atoms with van der Waals surface area (Å²) in [5, 5.41) is 0. The summed E-state index contributed by atoms with van der Waals surface area (Å²) in [7, 11) is 0. The second kappa shape index (κ2) is 8.14. The second-order valence-corrected chi connectivity index (χ2v) is 6.85. The quantitative estimate of drug-likeness (QED) is 0.812. The minimum atomic E-state index is -0.326. The van der Waals surface area contributed by atoms with Crippen LogP contribution in [0.5, 0.6) is 0 Å². The number of amides is 1. The van der Waals surface area contributed by atoms with Crippen LogP contribution in [0.3, 0.4) is 0 Å². The average Bonchev–Trinajstić information content (AvgIpc) is 2.74. The van der Waals surface area contributed by atoms with Gasteiger partial charge in [0.2, 0.25) is 0 Å². The van der Waals surface area contributed by atoms with Crippen LogP contribution in [-0.2, 0) is 9.53 Å². The molecule has 1 heterocycles. The number of hydrogen-bond acceptors (Lipinski definition) is 3. The first-order chi connectivity index (χ1) is 10.1. The van der Waals surface area contributed by atoms with Crippen LogP contribution in [0.4, 0.5) is 0 Å². The number of hydrogen-bond donors (Lipinski definition) is 1. The molecule has 0 aromatic heterocycles. The molecule has 0 spiro atoms. The Kier molecular flexibility index (Phi) is 6.49. The maximum atomic E-state index is 12.7. The lowest BCUT2D eigenvalue weighted by atomic mass is 9.90. The summed E-state index contributed by atoms with van der Waals surface area (Å²) in [6, 6.07) is 0.187. The Balaban J connectivity index is 1.90. The van der Waals surface area contributed by atoms with E-state index in [1.807, 2.05) is 11.8 Å². The van der Waals surface area contributed by atoms with E-state index in [4.69, 9.17) is 10.5 Å². The summed E-state index contributed by atoms with van der Waals surface area (Å²) in [5.74, 6) is 0.638. The molecule has 3 atom stereocenters. The van der Waals surface area contributed by atoms with Gasteiger partial charge in [0, 0.05) is 19.1 Å². The molecule has 122 valence electrons. The van der Waals surface area contributed by atoms with Crippen molar-refractivity contribution in [3.05, 3.63) is 0 Å². The van der Waals surface area contributed by atoms with Crippen LogP contribution < -0.4 is 5.73 Å². The van der Waals surface area contributed by atoms with Crippen molar-refractivity contribution in [2.45, 2.75) is 83.5 Å². The second-order valence-electron chi connectivity index (χ2n) is 6.85. The van der Waals surface area contributed by atoms with Crippen LogP contribution in [0.2, 0.25) is 0 Å². The Bertz CT molecular complexity index is 327. The number of likely N-dealkylation sites (tertiary alicyclic amines) is 1. The van der Waals surface area contributed by atoms with E-state index in [1.165, 1.54) is 32.1 Å². The molecule has 0 bridgehead atoms. The van der Waals surface area contributed by atoms with Crippen LogP contribution in [-0.4, -0.2) is 42.1 Å². The molecule has 1 saturated carbocycles. The number of piperidine rings is 1. The fraction of sp³-hybridized carbons (Fsp3) is 0.941. The Morgan fingerprint density at radius 2 is 1.86 bits per heavy atom. The SMILES string of the molecule is C[C@H](OC1CCCCCC1)C(=O)N1CCC[C@H](C)[C@H]1CN. The fourth-order valence-corrected chi connectivity index (χ4v) is 3.84. The average molecular weight is 296 g/mol. The highest BCUT2D eigenvalue weighted by molar-refractivity contribution is 5.81. The van der Waals surface area contributed by atoms with Crippen LogP contribution in [0, 0.1) is 5.92 Å². The number of nitrogens with zero attached hydrogens (tertiary/aromatic N) is 1. The van der Waals surface area contributed by atoms with E-state index in [1.54, 1.807) is 0 Å². The third-order valence-corrected chi connectivity index (χ3v) is 5.19. The molecule has 0 radical (unpaired) electrons. The van der Waals surface area contributed by atoms with Gasteiger partial charge < -0.3 is 15.4 Å².